The SMILES string of the molecule is CCCc1cnc2c(C)c(C)[nH]c2c1N(Cc1ccc(F)cc1)C(=O)OC(C)(C)C. The van der Waals surface area contributed by atoms with E-state index >= 15 is 0 Å². The van der Waals surface area contributed by atoms with Crippen LogP contribution in [-0.2, 0) is 17.7 Å². The number of benzene rings is 1. The van der Waals surface area contributed by atoms with Gasteiger partial charge in [-0.3, -0.25) is 9.88 Å². The number of anilines is 1. The Morgan fingerprint density at radius 2 is 1.87 bits per heavy atom. The Labute approximate surface area is 177 Å². The van der Waals surface area contributed by atoms with E-state index in [9.17, 15) is 9.18 Å². The molecule has 5 nitrogen and oxygen atoms in total. The average molecular weight is 412 g/mol. The summed E-state index contributed by atoms with van der Waals surface area (Å²) in [6, 6.07) is 6.19. The molecule has 0 aliphatic heterocycles. The quantitative estimate of drug-likeness (QED) is 0.543. The highest BCUT2D eigenvalue weighted by atomic mass is 19.1. The normalized spacial score (nSPS) is 11.7. The summed E-state index contributed by atoms with van der Waals surface area (Å²) < 4.78 is 19.2. The first-order valence-electron chi connectivity index (χ1n) is 10.3. The van der Waals surface area contributed by atoms with Gasteiger partial charge in [-0.05, 0) is 69.9 Å². The molecule has 6 heteroatoms. The molecule has 0 atom stereocenters. The van der Waals surface area contributed by atoms with Crippen molar-refractivity contribution in [2.24, 2.45) is 0 Å². The van der Waals surface area contributed by atoms with Crippen LogP contribution in [0, 0.1) is 19.7 Å². The first kappa shape index (κ1) is 21.8. The lowest BCUT2D eigenvalue weighted by Crippen LogP contribution is -2.37. The van der Waals surface area contributed by atoms with Crippen LogP contribution in [0.2, 0.25) is 0 Å². The second-order valence-corrected chi connectivity index (χ2v) is 8.67. The third-order valence-electron chi connectivity index (χ3n) is 5.01. The van der Waals surface area contributed by atoms with Gasteiger partial charge >= 0.3 is 6.09 Å². The van der Waals surface area contributed by atoms with E-state index in [0.717, 1.165) is 51.9 Å². The van der Waals surface area contributed by atoms with Gasteiger partial charge in [-0.25, -0.2) is 9.18 Å². The number of aryl methyl sites for hydroxylation is 3. The second kappa shape index (κ2) is 8.46. The maximum absolute atomic E-state index is 13.4. The van der Waals surface area contributed by atoms with Gasteiger partial charge in [0, 0.05) is 11.9 Å². The maximum Gasteiger partial charge on any atom is 0.415 e. The molecule has 0 aliphatic carbocycles. The Kier molecular flexibility index (Phi) is 6.15. The minimum Gasteiger partial charge on any atom is -0.443 e. The van der Waals surface area contributed by atoms with E-state index in [2.05, 4.69) is 16.9 Å². The number of halogens is 1. The molecular weight excluding hydrogens is 381 g/mol. The summed E-state index contributed by atoms with van der Waals surface area (Å²) in [6.07, 6.45) is 3.10. The van der Waals surface area contributed by atoms with Crippen LogP contribution in [0.4, 0.5) is 14.9 Å². The van der Waals surface area contributed by atoms with Crippen molar-refractivity contribution in [3.05, 3.63) is 58.7 Å². The molecule has 0 spiro atoms. The van der Waals surface area contributed by atoms with Crippen molar-refractivity contribution in [3.8, 4) is 0 Å². The van der Waals surface area contributed by atoms with Crippen LogP contribution in [0.3, 0.4) is 0 Å². The van der Waals surface area contributed by atoms with E-state index in [-0.39, 0.29) is 12.4 Å². The summed E-state index contributed by atoms with van der Waals surface area (Å²) in [5.74, 6) is -0.309. The van der Waals surface area contributed by atoms with Crippen LogP contribution in [0.25, 0.3) is 11.0 Å². The number of nitrogens with one attached hydrogen (secondary N) is 1. The molecule has 0 aliphatic rings. The van der Waals surface area contributed by atoms with Gasteiger partial charge in [0.15, 0.2) is 0 Å². The van der Waals surface area contributed by atoms with Gasteiger partial charge in [0.2, 0.25) is 0 Å². The highest BCUT2D eigenvalue weighted by Gasteiger charge is 2.28. The topological polar surface area (TPSA) is 58.2 Å². The molecule has 0 saturated carbocycles. The molecule has 0 radical (unpaired) electrons. The summed E-state index contributed by atoms with van der Waals surface area (Å²) in [5.41, 5.74) is 5.65. The van der Waals surface area contributed by atoms with Gasteiger partial charge in [-0.2, -0.15) is 0 Å². The zero-order valence-corrected chi connectivity index (χ0v) is 18.6. The Morgan fingerprint density at radius 3 is 2.47 bits per heavy atom. The lowest BCUT2D eigenvalue weighted by molar-refractivity contribution is 0.0577. The van der Waals surface area contributed by atoms with E-state index in [1.165, 1.54) is 12.1 Å². The van der Waals surface area contributed by atoms with Crippen LogP contribution in [0.1, 0.15) is 56.5 Å². The van der Waals surface area contributed by atoms with Gasteiger partial charge in [0.05, 0.1) is 23.3 Å². The molecule has 160 valence electrons. The van der Waals surface area contributed by atoms with Gasteiger partial charge in [0.1, 0.15) is 11.4 Å². The number of nitrogens with zero attached hydrogens (tertiary/aromatic N) is 2. The fraction of sp³-hybridized carbons (Fsp3) is 0.417. The summed E-state index contributed by atoms with van der Waals surface area (Å²) in [6.45, 7) is 11.9. The summed E-state index contributed by atoms with van der Waals surface area (Å²) >= 11 is 0. The molecule has 1 aromatic carbocycles. The summed E-state index contributed by atoms with van der Waals surface area (Å²) in [7, 11) is 0. The van der Waals surface area contributed by atoms with Crippen molar-refractivity contribution in [2.75, 3.05) is 4.90 Å². The van der Waals surface area contributed by atoms with Crippen LogP contribution >= 0.6 is 0 Å². The molecule has 1 N–H and O–H groups in total. The molecule has 2 heterocycles. The van der Waals surface area contributed by atoms with E-state index < -0.39 is 11.7 Å². The van der Waals surface area contributed by atoms with Crippen molar-refractivity contribution >= 4 is 22.8 Å². The fourth-order valence-corrected chi connectivity index (χ4v) is 3.49. The number of hydrogen-bond donors (Lipinski definition) is 1. The number of pyridine rings is 1. The van der Waals surface area contributed by atoms with Gasteiger partial charge in [0.25, 0.3) is 0 Å². The molecule has 3 aromatic rings. The summed E-state index contributed by atoms with van der Waals surface area (Å²) in [5, 5.41) is 0. The minimum absolute atomic E-state index is 0.266. The number of aromatic amines is 1. The predicted octanol–water partition coefficient (Wildman–Crippen LogP) is 6.21. The van der Waals surface area contributed by atoms with Crippen molar-refractivity contribution in [3.63, 3.8) is 0 Å². The first-order chi connectivity index (χ1) is 14.1. The average Bonchev–Trinajstić information content (AvgIpc) is 2.95. The number of H-pyrrole nitrogens is 1. The highest BCUT2D eigenvalue weighted by Crippen LogP contribution is 2.34. The smallest absolute Gasteiger partial charge is 0.415 e. The number of fused-ring (bicyclic) bond motifs is 1. The molecule has 1 amide bonds. The standard InChI is InChI=1S/C24H30FN3O2/c1-7-8-18-13-26-20-15(2)16(3)27-21(20)22(18)28(23(29)30-24(4,5)6)14-17-9-11-19(25)12-10-17/h9-13,27H,7-8,14H2,1-6H3. The number of carbonyl (C=O) groups is 1. The molecule has 0 fully saturated rings. The molecule has 0 unspecified atom stereocenters. The zero-order chi connectivity index (χ0) is 22.1. The predicted molar refractivity (Wildman–Crippen MR) is 118 cm³/mol. The van der Waals surface area contributed by atoms with Crippen LogP contribution in [0.5, 0.6) is 0 Å². The summed E-state index contributed by atoms with van der Waals surface area (Å²) in [4.78, 5) is 23.0. The molecule has 0 bridgehead atoms. The third-order valence-corrected chi connectivity index (χ3v) is 5.01. The first-order valence-corrected chi connectivity index (χ1v) is 10.3. The van der Waals surface area contributed by atoms with E-state index in [1.54, 1.807) is 17.0 Å². The molecule has 30 heavy (non-hydrogen) atoms. The number of carbonyl (C=O) groups excluding carboxylic acids is 1. The zero-order valence-electron chi connectivity index (χ0n) is 18.6. The van der Waals surface area contributed by atoms with Gasteiger partial charge in [-0.15, -0.1) is 0 Å². The van der Waals surface area contributed by atoms with Crippen molar-refractivity contribution in [2.45, 2.75) is 66.5 Å². The minimum atomic E-state index is -0.642. The van der Waals surface area contributed by atoms with Crippen molar-refractivity contribution < 1.29 is 13.9 Å². The Hall–Kier alpha value is -2.89. The van der Waals surface area contributed by atoms with Crippen LogP contribution in [-0.4, -0.2) is 21.7 Å². The van der Waals surface area contributed by atoms with E-state index in [1.807, 2.05) is 40.8 Å². The Balaban J connectivity index is 2.19. The Morgan fingerprint density at radius 1 is 1.20 bits per heavy atom. The van der Waals surface area contributed by atoms with Crippen molar-refractivity contribution in [1.82, 2.24) is 9.97 Å². The molecule has 2 aromatic heterocycles. The highest BCUT2D eigenvalue weighted by molar-refractivity contribution is 6.01. The number of ether oxygens (including phenoxy) is 1. The van der Waals surface area contributed by atoms with Gasteiger partial charge < -0.3 is 9.72 Å². The number of aromatic nitrogens is 2. The lowest BCUT2D eigenvalue weighted by Gasteiger charge is -2.29. The third kappa shape index (κ3) is 4.64. The molecule has 0 saturated heterocycles. The maximum atomic E-state index is 13.4. The molecule has 3 rings (SSSR count). The van der Waals surface area contributed by atoms with Crippen LogP contribution < -0.4 is 4.90 Å². The fourth-order valence-electron chi connectivity index (χ4n) is 3.49. The number of rotatable bonds is 5. The van der Waals surface area contributed by atoms with E-state index in [4.69, 9.17) is 4.74 Å². The van der Waals surface area contributed by atoms with Crippen LogP contribution in [0.15, 0.2) is 30.5 Å². The van der Waals surface area contributed by atoms with E-state index in [0.29, 0.717) is 0 Å². The lowest BCUT2D eigenvalue weighted by atomic mass is 10.1. The second-order valence-electron chi connectivity index (χ2n) is 8.67. The number of amides is 1. The van der Waals surface area contributed by atoms with Crippen molar-refractivity contribution in [1.29, 1.82) is 0 Å². The Bertz CT molecular complexity index is 1050. The van der Waals surface area contributed by atoms with Gasteiger partial charge in [-0.1, -0.05) is 25.5 Å². The number of hydrogen-bond acceptors (Lipinski definition) is 3. The monoisotopic (exact) mass is 411 g/mol. The largest absolute Gasteiger partial charge is 0.443 e. The molecular formula is C24H30FN3O2.